The Morgan fingerprint density at radius 1 is 1.43 bits per heavy atom. The van der Waals surface area contributed by atoms with E-state index >= 15 is 0 Å². The molecule has 0 aliphatic heterocycles. The van der Waals surface area contributed by atoms with Crippen molar-refractivity contribution < 1.29 is 0 Å². The van der Waals surface area contributed by atoms with Gasteiger partial charge >= 0.3 is 0 Å². The molecule has 0 saturated carbocycles. The average Bonchev–Trinajstić information content (AvgIpc) is 2.18. The fourth-order valence-electron chi connectivity index (χ4n) is 1.28. The van der Waals surface area contributed by atoms with E-state index in [1.807, 2.05) is 12.1 Å². The molecule has 0 saturated heterocycles. The lowest BCUT2D eigenvalue weighted by Crippen LogP contribution is -2.10. The van der Waals surface area contributed by atoms with Crippen LogP contribution < -0.4 is 5.73 Å². The Morgan fingerprint density at radius 2 is 2.00 bits per heavy atom. The van der Waals surface area contributed by atoms with E-state index in [-0.39, 0.29) is 6.04 Å². The van der Waals surface area contributed by atoms with Crippen LogP contribution in [0.3, 0.4) is 0 Å². The lowest BCUT2D eigenvalue weighted by atomic mass is 9.99. The van der Waals surface area contributed by atoms with Gasteiger partial charge in [0.25, 0.3) is 0 Å². The minimum absolute atomic E-state index is 0.0792. The molecule has 0 bridgehead atoms. The average molecular weight is 254 g/mol. The molecule has 2 N–H and O–H groups in total. The Morgan fingerprint density at radius 3 is 2.50 bits per heavy atom. The maximum Gasteiger partial charge on any atom is 0.0332 e. The topological polar surface area (TPSA) is 26.0 Å². The smallest absolute Gasteiger partial charge is 0.0332 e. The molecule has 0 spiro atoms. The Balaban J connectivity index is 2.65. The third-order valence-electron chi connectivity index (χ3n) is 2.31. The molecular formula is C12H16BrN. The third-order valence-corrected chi connectivity index (χ3v) is 2.84. The van der Waals surface area contributed by atoms with Crippen molar-refractivity contribution in [3.05, 3.63) is 46.5 Å². The Bertz CT molecular complexity index is 303. The highest BCUT2D eigenvalue weighted by molar-refractivity contribution is 9.10. The standard InChI is InChI=1S/C12H16BrN/c1-3-9(2)8-12(14)10-4-6-11(13)7-5-10/h4-7,12H,2-3,8,14H2,1H3. The van der Waals surface area contributed by atoms with Gasteiger partial charge in [-0.1, -0.05) is 47.1 Å². The molecule has 1 rings (SSSR count). The fraction of sp³-hybridized carbons (Fsp3) is 0.333. The fourth-order valence-corrected chi connectivity index (χ4v) is 1.55. The normalized spacial score (nSPS) is 12.5. The number of hydrogen-bond donors (Lipinski definition) is 1. The van der Waals surface area contributed by atoms with E-state index in [1.54, 1.807) is 0 Å². The van der Waals surface area contributed by atoms with Gasteiger partial charge in [-0.05, 0) is 30.5 Å². The van der Waals surface area contributed by atoms with Gasteiger partial charge < -0.3 is 5.73 Å². The number of benzene rings is 1. The summed E-state index contributed by atoms with van der Waals surface area (Å²) < 4.78 is 1.09. The first-order valence-electron chi connectivity index (χ1n) is 4.81. The second-order valence-corrected chi connectivity index (χ2v) is 4.38. The zero-order valence-corrected chi connectivity index (χ0v) is 10.0. The summed E-state index contributed by atoms with van der Waals surface area (Å²) in [5.74, 6) is 0. The molecule has 1 nitrogen and oxygen atoms in total. The predicted octanol–water partition coefficient (Wildman–Crippen LogP) is 3.81. The van der Waals surface area contributed by atoms with Crippen LogP contribution in [0.1, 0.15) is 31.4 Å². The Labute approximate surface area is 94.1 Å². The van der Waals surface area contributed by atoms with Gasteiger partial charge in [0.15, 0.2) is 0 Å². The van der Waals surface area contributed by atoms with Gasteiger partial charge in [-0.25, -0.2) is 0 Å². The summed E-state index contributed by atoms with van der Waals surface area (Å²) in [6.07, 6.45) is 1.88. The minimum atomic E-state index is 0.0792. The van der Waals surface area contributed by atoms with Crippen LogP contribution >= 0.6 is 15.9 Å². The van der Waals surface area contributed by atoms with Crippen molar-refractivity contribution >= 4 is 15.9 Å². The van der Waals surface area contributed by atoms with Gasteiger partial charge in [0.2, 0.25) is 0 Å². The van der Waals surface area contributed by atoms with Crippen LogP contribution in [0.15, 0.2) is 40.9 Å². The van der Waals surface area contributed by atoms with E-state index in [9.17, 15) is 0 Å². The molecule has 2 heteroatoms. The molecule has 0 aliphatic rings. The first kappa shape index (κ1) is 11.5. The van der Waals surface area contributed by atoms with Crippen molar-refractivity contribution in [3.63, 3.8) is 0 Å². The maximum absolute atomic E-state index is 6.05. The highest BCUT2D eigenvalue weighted by Gasteiger charge is 2.06. The molecule has 0 radical (unpaired) electrons. The molecule has 1 atom stereocenters. The quantitative estimate of drug-likeness (QED) is 0.812. The molecule has 1 unspecified atom stereocenters. The summed E-state index contributed by atoms with van der Waals surface area (Å²) in [7, 11) is 0. The van der Waals surface area contributed by atoms with E-state index < -0.39 is 0 Å². The third kappa shape index (κ3) is 3.28. The van der Waals surface area contributed by atoms with Crippen LogP contribution in [-0.4, -0.2) is 0 Å². The van der Waals surface area contributed by atoms with E-state index in [0.717, 1.165) is 17.3 Å². The summed E-state index contributed by atoms with van der Waals surface area (Å²) in [6, 6.07) is 8.22. The molecule has 1 aromatic rings. The van der Waals surface area contributed by atoms with Crippen molar-refractivity contribution in [2.24, 2.45) is 5.73 Å². The molecule has 1 aromatic carbocycles. The first-order chi connectivity index (χ1) is 6.63. The summed E-state index contributed by atoms with van der Waals surface area (Å²) >= 11 is 3.40. The van der Waals surface area contributed by atoms with Crippen LogP contribution in [0.5, 0.6) is 0 Å². The van der Waals surface area contributed by atoms with Crippen LogP contribution in [0.4, 0.5) is 0 Å². The van der Waals surface area contributed by atoms with Gasteiger partial charge in [-0.3, -0.25) is 0 Å². The first-order valence-corrected chi connectivity index (χ1v) is 5.60. The van der Waals surface area contributed by atoms with Crippen molar-refractivity contribution in [2.75, 3.05) is 0 Å². The summed E-state index contributed by atoms with van der Waals surface area (Å²) in [4.78, 5) is 0. The second kappa shape index (κ2) is 5.32. The Hall–Kier alpha value is -0.600. The maximum atomic E-state index is 6.05. The van der Waals surface area contributed by atoms with E-state index in [4.69, 9.17) is 5.73 Å². The number of halogens is 1. The van der Waals surface area contributed by atoms with Crippen LogP contribution in [-0.2, 0) is 0 Å². The summed E-state index contributed by atoms with van der Waals surface area (Å²) in [5, 5.41) is 0. The van der Waals surface area contributed by atoms with Gasteiger partial charge in [0.05, 0.1) is 0 Å². The summed E-state index contributed by atoms with van der Waals surface area (Å²) in [6.45, 7) is 6.07. The van der Waals surface area contributed by atoms with Crippen molar-refractivity contribution in [1.29, 1.82) is 0 Å². The molecule has 76 valence electrons. The molecule has 0 amide bonds. The van der Waals surface area contributed by atoms with Gasteiger partial charge in [-0.15, -0.1) is 0 Å². The van der Waals surface area contributed by atoms with Crippen molar-refractivity contribution in [3.8, 4) is 0 Å². The van der Waals surface area contributed by atoms with E-state index in [2.05, 4.69) is 41.6 Å². The zero-order chi connectivity index (χ0) is 10.6. The van der Waals surface area contributed by atoms with E-state index in [1.165, 1.54) is 11.1 Å². The largest absolute Gasteiger partial charge is 0.324 e. The molecule has 0 aliphatic carbocycles. The van der Waals surface area contributed by atoms with Gasteiger partial charge in [0, 0.05) is 10.5 Å². The van der Waals surface area contributed by atoms with Crippen LogP contribution in [0, 0.1) is 0 Å². The highest BCUT2D eigenvalue weighted by atomic mass is 79.9. The van der Waals surface area contributed by atoms with Crippen molar-refractivity contribution in [2.45, 2.75) is 25.8 Å². The Kier molecular flexibility index (Phi) is 4.36. The lowest BCUT2D eigenvalue weighted by Gasteiger charge is -2.12. The predicted molar refractivity (Wildman–Crippen MR) is 65.1 cm³/mol. The highest BCUT2D eigenvalue weighted by Crippen LogP contribution is 2.21. The lowest BCUT2D eigenvalue weighted by molar-refractivity contribution is 0.701. The minimum Gasteiger partial charge on any atom is -0.324 e. The number of rotatable bonds is 4. The molecular weight excluding hydrogens is 238 g/mol. The molecule has 0 aromatic heterocycles. The monoisotopic (exact) mass is 253 g/mol. The van der Waals surface area contributed by atoms with Crippen LogP contribution in [0.25, 0.3) is 0 Å². The second-order valence-electron chi connectivity index (χ2n) is 3.47. The summed E-state index contributed by atoms with van der Waals surface area (Å²) in [5.41, 5.74) is 8.42. The number of nitrogens with two attached hydrogens (primary N) is 1. The van der Waals surface area contributed by atoms with Crippen LogP contribution in [0.2, 0.25) is 0 Å². The van der Waals surface area contributed by atoms with Gasteiger partial charge in [0.1, 0.15) is 0 Å². The van der Waals surface area contributed by atoms with E-state index in [0.29, 0.717) is 0 Å². The SMILES string of the molecule is C=C(CC)CC(N)c1ccc(Br)cc1. The molecule has 0 heterocycles. The van der Waals surface area contributed by atoms with Gasteiger partial charge in [-0.2, -0.15) is 0 Å². The van der Waals surface area contributed by atoms with Crippen molar-refractivity contribution in [1.82, 2.24) is 0 Å². The molecule has 0 fully saturated rings. The zero-order valence-electron chi connectivity index (χ0n) is 8.46. The number of hydrogen-bond acceptors (Lipinski definition) is 1. The molecule has 14 heavy (non-hydrogen) atoms.